The molecule has 2 heterocycles. The number of piperidine rings is 1. The van der Waals surface area contributed by atoms with E-state index in [1.165, 1.54) is 34.7 Å². The second-order valence-corrected chi connectivity index (χ2v) is 6.04. The van der Waals surface area contributed by atoms with E-state index >= 15 is 0 Å². The molecule has 2 nitrogen and oxygen atoms in total. The average molecular weight is 224 g/mol. The van der Waals surface area contributed by atoms with Crippen molar-refractivity contribution < 1.29 is 0 Å². The number of aryl methyl sites for hydroxylation is 2. The minimum absolute atomic E-state index is 0.388. The molecule has 1 aliphatic heterocycles. The Labute approximate surface area is 96.1 Å². The second-order valence-electron chi connectivity index (χ2n) is 4.58. The summed E-state index contributed by atoms with van der Waals surface area (Å²) in [5.74, 6) is 0. The van der Waals surface area contributed by atoms with Crippen LogP contribution in [0.1, 0.15) is 28.2 Å². The van der Waals surface area contributed by atoms with E-state index in [-0.39, 0.29) is 0 Å². The van der Waals surface area contributed by atoms with Gasteiger partial charge in [0.05, 0.1) is 0 Å². The summed E-state index contributed by atoms with van der Waals surface area (Å²) in [5, 5.41) is 0. The van der Waals surface area contributed by atoms with Gasteiger partial charge in [0.2, 0.25) is 0 Å². The van der Waals surface area contributed by atoms with E-state index < -0.39 is 0 Å². The highest BCUT2D eigenvalue weighted by molar-refractivity contribution is 7.12. The smallest absolute Gasteiger partial charge is 0.0245 e. The number of likely N-dealkylation sites (tertiary alicyclic amines) is 1. The van der Waals surface area contributed by atoms with Crippen LogP contribution in [0, 0.1) is 13.8 Å². The Hall–Kier alpha value is -0.380. The molecule has 0 radical (unpaired) electrons. The van der Waals surface area contributed by atoms with Crippen molar-refractivity contribution in [3.05, 3.63) is 21.4 Å². The number of thiophene rings is 1. The molecule has 1 aliphatic rings. The third kappa shape index (κ3) is 2.80. The van der Waals surface area contributed by atoms with Gasteiger partial charge in [-0.15, -0.1) is 11.3 Å². The van der Waals surface area contributed by atoms with Crippen molar-refractivity contribution in [1.82, 2.24) is 4.90 Å². The minimum atomic E-state index is 0.388. The zero-order valence-corrected chi connectivity index (χ0v) is 10.4. The van der Waals surface area contributed by atoms with E-state index in [0.29, 0.717) is 6.04 Å². The van der Waals surface area contributed by atoms with Gasteiger partial charge in [0.25, 0.3) is 0 Å². The monoisotopic (exact) mass is 224 g/mol. The molecule has 0 spiro atoms. The Morgan fingerprint density at radius 2 is 2.33 bits per heavy atom. The van der Waals surface area contributed by atoms with Crippen LogP contribution in [-0.4, -0.2) is 24.0 Å². The maximum absolute atomic E-state index is 5.98. The molecule has 0 unspecified atom stereocenters. The molecule has 0 aromatic carbocycles. The van der Waals surface area contributed by atoms with Gasteiger partial charge in [-0.1, -0.05) is 0 Å². The first kappa shape index (κ1) is 11.1. The maximum Gasteiger partial charge on any atom is 0.0245 e. The van der Waals surface area contributed by atoms with Crippen LogP contribution >= 0.6 is 11.3 Å². The van der Waals surface area contributed by atoms with Crippen molar-refractivity contribution in [3.63, 3.8) is 0 Å². The summed E-state index contributed by atoms with van der Waals surface area (Å²) in [6.07, 6.45) is 2.45. The van der Waals surface area contributed by atoms with E-state index in [9.17, 15) is 0 Å². The molecule has 0 bridgehead atoms. The number of rotatable bonds is 2. The quantitative estimate of drug-likeness (QED) is 0.835. The SMILES string of the molecule is Cc1cc(CN2CCC[C@@H](N)C2)c(C)s1. The van der Waals surface area contributed by atoms with Gasteiger partial charge in [-0.05, 0) is 44.9 Å². The topological polar surface area (TPSA) is 29.3 Å². The summed E-state index contributed by atoms with van der Waals surface area (Å²) in [4.78, 5) is 5.37. The van der Waals surface area contributed by atoms with Crippen molar-refractivity contribution in [2.24, 2.45) is 5.73 Å². The Morgan fingerprint density at radius 3 is 2.93 bits per heavy atom. The number of hydrogen-bond acceptors (Lipinski definition) is 3. The van der Waals surface area contributed by atoms with Gasteiger partial charge in [-0.2, -0.15) is 0 Å². The standard InChI is InChI=1S/C12H20N2S/c1-9-6-11(10(2)15-9)7-14-5-3-4-12(13)8-14/h6,12H,3-5,7-8,13H2,1-2H3/t12-/m1/s1. The highest BCUT2D eigenvalue weighted by atomic mass is 32.1. The normalized spacial score (nSPS) is 23.3. The zero-order valence-electron chi connectivity index (χ0n) is 9.62. The molecule has 15 heavy (non-hydrogen) atoms. The van der Waals surface area contributed by atoms with E-state index in [0.717, 1.165) is 13.1 Å². The molecule has 1 fully saturated rings. The summed E-state index contributed by atoms with van der Waals surface area (Å²) in [6.45, 7) is 7.76. The summed E-state index contributed by atoms with van der Waals surface area (Å²) >= 11 is 1.90. The van der Waals surface area contributed by atoms with Crippen LogP contribution in [0.15, 0.2) is 6.07 Å². The molecule has 2 N–H and O–H groups in total. The number of nitrogens with zero attached hydrogens (tertiary/aromatic N) is 1. The Morgan fingerprint density at radius 1 is 1.53 bits per heavy atom. The zero-order chi connectivity index (χ0) is 10.8. The summed E-state index contributed by atoms with van der Waals surface area (Å²) in [5.41, 5.74) is 7.48. The summed E-state index contributed by atoms with van der Waals surface area (Å²) in [6, 6.07) is 2.71. The van der Waals surface area contributed by atoms with Gasteiger partial charge in [0.1, 0.15) is 0 Å². The van der Waals surface area contributed by atoms with Gasteiger partial charge in [0, 0.05) is 28.9 Å². The molecule has 1 aromatic heterocycles. The van der Waals surface area contributed by atoms with Crippen molar-refractivity contribution in [2.75, 3.05) is 13.1 Å². The Balaban J connectivity index is 1.99. The first-order valence-electron chi connectivity index (χ1n) is 5.69. The minimum Gasteiger partial charge on any atom is -0.327 e. The van der Waals surface area contributed by atoms with Crippen LogP contribution in [0.3, 0.4) is 0 Å². The number of nitrogens with two attached hydrogens (primary N) is 1. The van der Waals surface area contributed by atoms with Crippen molar-refractivity contribution in [2.45, 2.75) is 39.3 Å². The largest absolute Gasteiger partial charge is 0.327 e. The molecular formula is C12H20N2S. The highest BCUT2D eigenvalue weighted by Gasteiger charge is 2.17. The predicted molar refractivity (Wildman–Crippen MR) is 66.3 cm³/mol. The van der Waals surface area contributed by atoms with Crippen molar-refractivity contribution >= 4 is 11.3 Å². The van der Waals surface area contributed by atoms with Crippen LogP contribution in [0.5, 0.6) is 0 Å². The summed E-state index contributed by atoms with van der Waals surface area (Å²) in [7, 11) is 0. The molecule has 1 aromatic rings. The fourth-order valence-electron chi connectivity index (χ4n) is 2.32. The fraction of sp³-hybridized carbons (Fsp3) is 0.667. The van der Waals surface area contributed by atoms with E-state index in [1.807, 2.05) is 11.3 Å². The van der Waals surface area contributed by atoms with Gasteiger partial charge in [0.15, 0.2) is 0 Å². The van der Waals surface area contributed by atoms with Crippen LogP contribution in [0.2, 0.25) is 0 Å². The summed E-state index contributed by atoms with van der Waals surface area (Å²) < 4.78 is 0. The highest BCUT2D eigenvalue weighted by Crippen LogP contribution is 2.23. The molecule has 1 atom stereocenters. The van der Waals surface area contributed by atoms with Gasteiger partial charge < -0.3 is 5.73 Å². The first-order chi connectivity index (χ1) is 7.15. The van der Waals surface area contributed by atoms with Crippen LogP contribution in [0.4, 0.5) is 0 Å². The lowest BCUT2D eigenvalue weighted by Crippen LogP contribution is -2.42. The average Bonchev–Trinajstić information content (AvgIpc) is 2.45. The number of hydrogen-bond donors (Lipinski definition) is 1. The fourth-order valence-corrected chi connectivity index (χ4v) is 3.25. The van der Waals surface area contributed by atoms with Crippen LogP contribution in [-0.2, 0) is 6.54 Å². The molecular weight excluding hydrogens is 204 g/mol. The molecule has 84 valence electrons. The van der Waals surface area contributed by atoms with E-state index in [1.54, 1.807) is 0 Å². The lowest BCUT2D eigenvalue weighted by molar-refractivity contribution is 0.201. The lowest BCUT2D eigenvalue weighted by atomic mass is 10.1. The Kier molecular flexibility index (Phi) is 3.44. The third-order valence-corrected chi connectivity index (χ3v) is 4.09. The van der Waals surface area contributed by atoms with Crippen molar-refractivity contribution in [1.29, 1.82) is 0 Å². The molecule has 0 amide bonds. The molecule has 2 rings (SSSR count). The van der Waals surface area contributed by atoms with Crippen molar-refractivity contribution in [3.8, 4) is 0 Å². The first-order valence-corrected chi connectivity index (χ1v) is 6.50. The molecule has 3 heteroatoms. The molecule has 0 aliphatic carbocycles. The van der Waals surface area contributed by atoms with Gasteiger partial charge >= 0.3 is 0 Å². The van der Waals surface area contributed by atoms with Gasteiger partial charge in [-0.25, -0.2) is 0 Å². The van der Waals surface area contributed by atoms with E-state index in [4.69, 9.17) is 5.73 Å². The second kappa shape index (κ2) is 4.64. The van der Waals surface area contributed by atoms with Crippen LogP contribution < -0.4 is 5.73 Å². The lowest BCUT2D eigenvalue weighted by Gasteiger charge is -2.30. The molecule has 1 saturated heterocycles. The Bertz CT molecular complexity index is 332. The van der Waals surface area contributed by atoms with E-state index in [2.05, 4.69) is 24.8 Å². The predicted octanol–water partition coefficient (Wildman–Crippen LogP) is 2.29. The third-order valence-electron chi connectivity index (χ3n) is 3.08. The maximum atomic E-state index is 5.98. The van der Waals surface area contributed by atoms with Crippen LogP contribution in [0.25, 0.3) is 0 Å². The van der Waals surface area contributed by atoms with Gasteiger partial charge in [-0.3, -0.25) is 4.90 Å². The molecule has 0 saturated carbocycles.